The van der Waals surface area contributed by atoms with Crippen molar-refractivity contribution in [2.24, 2.45) is 0 Å². The second kappa shape index (κ2) is 8.78. The Morgan fingerprint density at radius 3 is 2.90 bits per heavy atom. The van der Waals surface area contributed by atoms with E-state index < -0.39 is 23.8 Å². The molecular formula is C20H22F2N4O4. The Morgan fingerprint density at radius 1 is 1.30 bits per heavy atom. The van der Waals surface area contributed by atoms with Crippen molar-refractivity contribution in [2.45, 2.75) is 50.4 Å². The average molecular weight is 420 g/mol. The van der Waals surface area contributed by atoms with Crippen molar-refractivity contribution in [3.63, 3.8) is 0 Å². The Bertz CT molecular complexity index is 923. The zero-order chi connectivity index (χ0) is 21.1. The van der Waals surface area contributed by atoms with E-state index in [2.05, 4.69) is 20.8 Å². The number of ether oxygens (including phenoxy) is 2. The van der Waals surface area contributed by atoms with Crippen LogP contribution in [0.2, 0.25) is 0 Å². The maximum atomic E-state index is 13.6. The molecular weight excluding hydrogens is 398 g/mol. The SMILES string of the molecule is O=C(NCc1cccc(F)c1F)OC1CC(c2cc(NC(=O)C3CCCO3)n[nH]2)C1. The van der Waals surface area contributed by atoms with Crippen LogP contribution in [0.5, 0.6) is 0 Å². The van der Waals surface area contributed by atoms with Crippen LogP contribution >= 0.6 is 0 Å². The molecule has 0 radical (unpaired) electrons. The van der Waals surface area contributed by atoms with Gasteiger partial charge < -0.3 is 20.1 Å². The summed E-state index contributed by atoms with van der Waals surface area (Å²) >= 11 is 0. The molecule has 1 unspecified atom stereocenters. The highest BCUT2D eigenvalue weighted by molar-refractivity contribution is 5.93. The zero-order valence-electron chi connectivity index (χ0n) is 16.1. The number of hydrogen-bond donors (Lipinski definition) is 3. The predicted molar refractivity (Wildman–Crippen MR) is 102 cm³/mol. The number of aromatic amines is 1. The standard InChI is InChI=1S/C20H22F2N4O4/c21-14-4-1-3-11(18(14)22)10-23-20(28)30-13-7-12(8-13)15-9-17(26-25-15)24-19(27)16-5-2-6-29-16/h1,3-4,9,12-13,16H,2,5-8,10H2,(H,23,28)(H2,24,25,26,27). The van der Waals surface area contributed by atoms with E-state index in [9.17, 15) is 18.4 Å². The van der Waals surface area contributed by atoms with Gasteiger partial charge in [0.1, 0.15) is 12.2 Å². The number of anilines is 1. The van der Waals surface area contributed by atoms with Gasteiger partial charge in [0.05, 0.1) is 0 Å². The van der Waals surface area contributed by atoms with Crippen LogP contribution < -0.4 is 10.6 Å². The number of nitrogens with zero attached hydrogens (tertiary/aromatic N) is 1. The highest BCUT2D eigenvalue weighted by atomic mass is 19.2. The average Bonchev–Trinajstić information content (AvgIpc) is 3.37. The summed E-state index contributed by atoms with van der Waals surface area (Å²) in [6, 6.07) is 5.55. The molecule has 160 valence electrons. The molecule has 0 spiro atoms. The van der Waals surface area contributed by atoms with Gasteiger partial charge in [-0.3, -0.25) is 9.89 Å². The summed E-state index contributed by atoms with van der Waals surface area (Å²) in [7, 11) is 0. The number of rotatable bonds is 6. The first-order valence-electron chi connectivity index (χ1n) is 9.84. The molecule has 1 atom stereocenters. The minimum Gasteiger partial charge on any atom is -0.446 e. The lowest BCUT2D eigenvalue weighted by atomic mass is 9.80. The number of nitrogens with one attached hydrogen (secondary N) is 3. The van der Waals surface area contributed by atoms with Crippen molar-refractivity contribution in [2.75, 3.05) is 11.9 Å². The third-order valence-electron chi connectivity index (χ3n) is 5.33. The fourth-order valence-electron chi connectivity index (χ4n) is 3.56. The van der Waals surface area contributed by atoms with Crippen LogP contribution in [-0.2, 0) is 20.8 Å². The minimum absolute atomic E-state index is 0.0495. The Hall–Kier alpha value is -3.01. The number of carbonyl (C=O) groups is 2. The first-order chi connectivity index (χ1) is 14.5. The predicted octanol–water partition coefficient (Wildman–Crippen LogP) is 2.98. The van der Waals surface area contributed by atoms with Crippen LogP contribution in [0.15, 0.2) is 24.3 Å². The summed E-state index contributed by atoms with van der Waals surface area (Å²) in [5.41, 5.74) is 0.896. The molecule has 1 aromatic carbocycles. The maximum absolute atomic E-state index is 13.6. The molecule has 8 nitrogen and oxygen atoms in total. The van der Waals surface area contributed by atoms with Gasteiger partial charge in [0.25, 0.3) is 5.91 Å². The molecule has 3 N–H and O–H groups in total. The summed E-state index contributed by atoms with van der Waals surface area (Å²) in [5.74, 6) is -1.58. The third-order valence-corrected chi connectivity index (χ3v) is 5.33. The lowest BCUT2D eigenvalue weighted by Crippen LogP contribution is -2.36. The summed E-state index contributed by atoms with van der Waals surface area (Å²) in [6.07, 6.45) is 1.39. The van der Waals surface area contributed by atoms with E-state index in [1.54, 1.807) is 6.07 Å². The number of hydrogen-bond acceptors (Lipinski definition) is 5. The molecule has 0 bridgehead atoms. The number of aromatic nitrogens is 2. The second-order valence-corrected chi connectivity index (χ2v) is 7.46. The van der Waals surface area contributed by atoms with Gasteiger partial charge in [-0.05, 0) is 31.7 Å². The van der Waals surface area contributed by atoms with Gasteiger partial charge in [-0.1, -0.05) is 12.1 Å². The monoisotopic (exact) mass is 420 g/mol. The van der Waals surface area contributed by atoms with Gasteiger partial charge in [0.2, 0.25) is 0 Å². The highest BCUT2D eigenvalue weighted by Gasteiger charge is 2.35. The molecule has 2 heterocycles. The molecule has 1 saturated heterocycles. The van der Waals surface area contributed by atoms with Crippen LogP contribution in [0.3, 0.4) is 0 Å². The largest absolute Gasteiger partial charge is 0.446 e. The van der Waals surface area contributed by atoms with Crippen molar-refractivity contribution in [1.82, 2.24) is 15.5 Å². The molecule has 4 rings (SSSR count). The Kier molecular flexibility index (Phi) is 5.93. The van der Waals surface area contributed by atoms with E-state index >= 15 is 0 Å². The van der Waals surface area contributed by atoms with Gasteiger partial charge in [-0.25, -0.2) is 13.6 Å². The van der Waals surface area contributed by atoms with Gasteiger partial charge in [0.15, 0.2) is 17.5 Å². The summed E-state index contributed by atoms with van der Waals surface area (Å²) < 4.78 is 37.4. The smallest absolute Gasteiger partial charge is 0.407 e. The summed E-state index contributed by atoms with van der Waals surface area (Å²) in [5, 5.41) is 12.2. The summed E-state index contributed by atoms with van der Waals surface area (Å²) in [4.78, 5) is 23.9. The third kappa shape index (κ3) is 4.59. The normalized spacial score (nSPS) is 22.9. The van der Waals surface area contributed by atoms with Gasteiger partial charge in [-0.2, -0.15) is 5.10 Å². The topological polar surface area (TPSA) is 105 Å². The molecule has 30 heavy (non-hydrogen) atoms. The number of amides is 2. The Balaban J connectivity index is 1.19. The van der Waals surface area contributed by atoms with Gasteiger partial charge >= 0.3 is 6.09 Å². The van der Waals surface area contributed by atoms with Crippen LogP contribution in [0.25, 0.3) is 0 Å². The van der Waals surface area contributed by atoms with Crippen molar-refractivity contribution in [1.29, 1.82) is 0 Å². The van der Waals surface area contributed by atoms with E-state index in [4.69, 9.17) is 9.47 Å². The Labute approximate surface area is 171 Å². The molecule has 1 aliphatic carbocycles. The minimum atomic E-state index is -0.983. The second-order valence-electron chi connectivity index (χ2n) is 7.46. The van der Waals surface area contributed by atoms with Gasteiger partial charge in [-0.15, -0.1) is 0 Å². The van der Waals surface area contributed by atoms with Crippen molar-refractivity contribution in [3.05, 3.63) is 47.2 Å². The summed E-state index contributed by atoms with van der Waals surface area (Å²) in [6.45, 7) is 0.436. The molecule has 2 aliphatic rings. The van der Waals surface area contributed by atoms with Crippen LogP contribution in [0.4, 0.5) is 19.4 Å². The van der Waals surface area contributed by atoms with E-state index in [0.29, 0.717) is 31.7 Å². The van der Waals surface area contributed by atoms with Crippen molar-refractivity contribution < 1.29 is 27.8 Å². The number of benzene rings is 1. The zero-order valence-corrected chi connectivity index (χ0v) is 16.1. The first kappa shape index (κ1) is 20.3. The van der Waals surface area contributed by atoms with Crippen molar-refractivity contribution in [3.8, 4) is 0 Å². The molecule has 2 aromatic rings. The van der Waals surface area contributed by atoms with E-state index in [0.717, 1.165) is 18.2 Å². The molecule has 2 amide bonds. The van der Waals surface area contributed by atoms with Crippen LogP contribution in [-0.4, -0.2) is 41.0 Å². The Morgan fingerprint density at radius 2 is 2.13 bits per heavy atom. The fraction of sp³-hybridized carbons (Fsp3) is 0.450. The molecule has 10 heteroatoms. The number of H-pyrrole nitrogens is 1. The quantitative estimate of drug-likeness (QED) is 0.666. The maximum Gasteiger partial charge on any atom is 0.407 e. The highest BCUT2D eigenvalue weighted by Crippen LogP contribution is 2.38. The number of alkyl carbamates (subject to hydrolysis) is 1. The van der Waals surface area contributed by atoms with E-state index in [1.165, 1.54) is 12.1 Å². The molecule has 2 fully saturated rings. The van der Waals surface area contributed by atoms with E-state index in [1.807, 2.05) is 0 Å². The first-order valence-corrected chi connectivity index (χ1v) is 9.84. The molecule has 1 saturated carbocycles. The lowest BCUT2D eigenvalue weighted by molar-refractivity contribution is -0.124. The van der Waals surface area contributed by atoms with Crippen LogP contribution in [0, 0.1) is 11.6 Å². The number of halogens is 2. The van der Waals surface area contributed by atoms with E-state index in [-0.39, 0.29) is 30.0 Å². The van der Waals surface area contributed by atoms with Crippen molar-refractivity contribution >= 4 is 17.8 Å². The van der Waals surface area contributed by atoms with Gasteiger partial charge in [0, 0.05) is 36.4 Å². The molecule has 1 aliphatic heterocycles. The molecule has 1 aromatic heterocycles. The number of carbonyl (C=O) groups excluding carboxylic acids is 2. The van der Waals surface area contributed by atoms with Crippen LogP contribution in [0.1, 0.15) is 42.9 Å². The fourth-order valence-corrected chi connectivity index (χ4v) is 3.56. The lowest BCUT2D eigenvalue weighted by Gasteiger charge is -2.33.